The number of unbranched alkanes of at least 4 members (excludes halogenated alkanes) is 7. The summed E-state index contributed by atoms with van der Waals surface area (Å²) in [6.45, 7) is 3.29. The van der Waals surface area contributed by atoms with E-state index in [9.17, 15) is 18.9 Å². The molecule has 1 aliphatic rings. The minimum atomic E-state index is -4.32. The Morgan fingerprint density at radius 1 is 1.24 bits per heavy atom. The average Bonchev–Trinajstić information content (AvgIpc) is 3.60. The van der Waals surface area contributed by atoms with Gasteiger partial charge in [0.2, 0.25) is 0 Å². The van der Waals surface area contributed by atoms with Crippen LogP contribution in [0.4, 0.5) is 10.2 Å². The molecule has 46 heavy (non-hydrogen) atoms. The molecule has 15 heteroatoms. The van der Waals surface area contributed by atoms with Gasteiger partial charge in [-0.3, -0.25) is 13.9 Å². The highest BCUT2D eigenvalue weighted by Crippen LogP contribution is 2.48. The maximum Gasteiger partial charge on any atom is 0.459 e. The number of hydrogen-bond acceptors (Lipinski definition) is 11. The van der Waals surface area contributed by atoms with Crippen molar-refractivity contribution in [1.29, 1.82) is 0 Å². The van der Waals surface area contributed by atoms with Crippen LogP contribution in [0.5, 0.6) is 5.75 Å². The van der Waals surface area contributed by atoms with Crippen LogP contribution in [-0.2, 0) is 23.4 Å². The zero-order chi connectivity index (χ0) is 33.2. The first-order valence-corrected chi connectivity index (χ1v) is 17.1. The minimum Gasteiger partial charge on any atom is -0.465 e. The van der Waals surface area contributed by atoms with E-state index in [4.69, 9.17) is 30.7 Å². The van der Waals surface area contributed by atoms with E-state index in [0.29, 0.717) is 0 Å². The molecule has 13 nitrogen and oxygen atoms in total. The maximum atomic E-state index is 14.0. The number of carbonyl (C=O) groups excluding carboxylic acids is 1. The van der Waals surface area contributed by atoms with E-state index in [2.05, 4.69) is 32.9 Å². The highest BCUT2D eigenvalue weighted by Gasteiger charge is 2.50. The number of rotatable bonds is 18. The Balaban J connectivity index is 1.40. The van der Waals surface area contributed by atoms with Crippen molar-refractivity contribution in [3.05, 3.63) is 42.7 Å². The molecule has 4 N–H and O–H groups in total. The van der Waals surface area contributed by atoms with Gasteiger partial charge in [-0.05, 0) is 25.5 Å². The molecular weight excluding hydrogens is 618 g/mol. The number of aromatic nitrogens is 4. The number of halogens is 1. The molecule has 0 amide bonds. The fourth-order valence-corrected chi connectivity index (χ4v) is 6.58. The fraction of sp³-hybridized carbons (Fsp3) is 0.548. The van der Waals surface area contributed by atoms with Crippen LogP contribution in [0, 0.1) is 18.4 Å². The number of nitrogen functional groups attached to an aromatic ring is 1. The summed E-state index contributed by atoms with van der Waals surface area (Å²) in [5.74, 6) is 1.80. The number of carbonyl (C=O) groups is 1. The minimum absolute atomic E-state index is 0.0370. The van der Waals surface area contributed by atoms with Crippen LogP contribution in [0.3, 0.4) is 0 Å². The molecule has 3 heterocycles. The lowest BCUT2D eigenvalue weighted by Crippen LogP contribution is -2.43. The SMILES string of the molecule is C#C[C@]1(COP(=O)(N[C@@H](C)C(=O)OCCCCCCCCCC)Oc2ccccc2)O[C@@H](n2cnc3c(N)nc(F)nc32)C[C@@H]1O. The summed E-state index contributed by atoms with van der Waals surface area (Å²) in [7, 11) is -4.32. The van der Waals surface area contributed by atoms with Gasteiger partial charge in [0.1, 0.15) is 30.7 Å². The number of hydrogen-bond donors (Lipinski definition) is 3. The molecular formula is C31H42FN6O7P. The lowest BCUT2D eigenvalue weighted by Gasteiger charge is -2.29. The molecule has 2 aromatic heterocycles. The molecule has 1 saturated heterocycles. The Kier molecular flexibility index (Phi) is 12.5. The predicted octanol–water partition coefficient (Wildman–Crippen LogP) is 5.07. The summed E-state index contributed by atoms with van der Waals surface area (Å²) in [4.78, 5) is 24.1. The average molecular weight is 661 g/mol. The van der Waals surface area contributed by atoms with Crippen molar-refractivity contribution in [2.45, 2.75) is 95.6 Å². The second-order valence-electron chi connectivity index (χ2n) is 11.2. The summed E-state index contributed by atoms with van der Waals surface area (Å²) < 4.78 is 52.2. The molecule has 0 spiro atoms. The largest absolute Gasteiger partial charge is 0.465 e. The van der Waals surface area contributed by atoms with Crippen LogP contribution < -0.4 is 15.3 Å². The quantitative estimate of drug-likeness (QED) is 0.0545. The van der Waals surface area contributed by atoms with Crippen LogP contribution in [0.15, 0.2) is 36.7 Å². The van der Waals surface area contributed by atoms with Crippen LogP contribution in [0.25, 0.3) is 11.2 Å². The van der Waals surface area contributed by atoms with Gasteiger partial charge in [0.05, 0.1) is 12.9 Å². The van der Waals surface area contributed by atoms with Gasteiger partial charge in [-0.15, -0.1) is 6.42 Å². The van der Waals surface area contributed by atoms with Gasteiger partial charge >= 0.3 is 19.8 Å². The van der Waals surface area contributed by atoms with E-state index in [-0.39, 0.29) is 35.8 Å². The van der Waals surface area contributed by atoms with E-state index in [1.54, 1.807) is 30.3 Å². The van der Waals surface area contributed by atoms with Gasteiger partial charge in [-0.2, -0.15) is 19.4 Å². The molecule has 1 aromatic carbocycles. The highest BCUT2D eigenvalue weighted by molar-refractivity contribution is 7.52. The zero-order valence-corrected chi connectivity index (χ0v) is 27.0. The Labute approximate surface area is 268 Å². The molecule has 0 aliphatic carbocycles. The summed E-state index contributed by atoms with van der Waals surface area (Å²) in [5, 5.41) is 13.6. The normalized spacial score (nSPS) is 21.5. The van der Waals surface area contributed by atoms with E-state index in [0.717, 1.165) is 25.7 Å². The third-order valence-corrected chi connectivity index (χ3v) is 9.27. The Hall–Kier alpha value is -3.60. The molecule has 3 aromatic rings. The molecule has 1 fully saturated rings. The summed E-state index contributed by atoms with van der Waals surface area (Å²) in [6.07, 6.45) is 12.5. The molecule has 1 aliphatic heterocycles. The van der Waals surface area contributed by atoms with E-state index in [1.807, 2.05) is 0 Å². The van der Waals surface area contributed by atoms with Gasteiger partial charge < -0.3 is 24.8 Å². The van der Waals surface area contributed by atoms with Crippen molar-refractivity contribution in [1.82, 2.24) is 24.6 Å². The monoisotopic (exact) mass is 660 g/mol. The number of aliphatic hydroxyl groups is 1. The number of terminal acetylenes is 1. The number of imidazole rings is 1. The van der Waals surface area contributed by atoms with Crippen LogP contribution in [-0.4, -0.2) is 61.6 Å². The first-order valence-electron chi connectivity index (χ1n) is 15.5. The first kappa shape index (κ1) is 35.3. The maximum absolute atomic E-state index is 14.0. The zero-order valence-electron chi connectivity index (χ0n) is 26.1. The molecule has 0 saturated carbocycles. The van der Waals surface area contributed by atoms with E-state index >= 15 is 0 Å². The van der Waals surface area contributed by atoms with E-state index < -0.39 is 50.4 Å². The van der Waals surface area contributed by atoms with Crippen molar-refractivity contribution >= 4 is 30.7 Å². The lowest BCUT2D eigenvalue weighted by atomic mass is 9.99. The third kappa shape index (κ3) is 9.02. The fourth-order valence-electron chi connectivity index (χ4n) is 5.06. The third-order valence-electron chi connectivity index (χ3n) is 7.65. The van der Waals surface area contributed by atoms with Gasteiger partial charge in [0, 0.05) is 6.42 Å². The molecule has 250 valence electrons. The van der Waals surface area contributed by atoms with Crippen LogP contribution in [0.1, 0.15) is 77.9 Å². The number of nitrogens with zero attached hydrogens (tertiary/aromatic N) is 4. The smallest absolute Gasteiger partial charge is 0.459 e. The Morgan fingerprint density at radius 3 is 2.63 bits per heavy atom. The van der Waals surface area contributed by atoms with Crippen molar-refractivity contribution in [2.75, 3.05) is 18.9 Å². The summed E-state index contributed by atoms with van der Waals surface area (Å²) in [5.41, 5.74) is 4.13. The Morgan fingerprint density at radius 2 is 1.93 bits per heavy atom. The Bertz CT molecular complexity index is 1540. The lowest BCUT2D eigenvalue weighted by molar-refractivity contribution is -0.145. The molecule has 5 atom stereocenters. The van der Waals surface area contributed by atoms with Gasteiger partial charge in [0.25, 0.3) is 0 Å². The number of esters is 1. The number of anilines is 1. The van der Waals surface area contributed by atoms with Crippen LogP contribution >= 0.6 is 7.75 Å². The molecule has 0 bridgehead atoms. The van der Waals surface area contributed by atoms with Crippen molar-refractivity contribution < 1.29 is 37.4 Å². The number of benzene rings is 1. The first-order chi connectivity index (χ1) is 22.1. The van der Waals surface area contributed by atoms with Gasteiger partial charge in [0.15, 0.2) is 22.6 Å². The van der Waals surface area contributed by atoms with Gasteiger partial charge in [-0.25, -0.2) is 9.55 Å². The highest BCUT2D eigenvalue weighted by atomic mass is 31.2. The second kappa shape index (κ2) is 16.3. The topological polar surface area (TPSA) is 173 Å². The molecule has 4 rings (SSSR count). The second-order valence-corrected chi connectivity index (χ2v) is 12.9. The molecule has 1 unspecified atom stereocenters. The van der Waals surface area contributed by atoms with Crippen molar-refractivity contribution in [3.63, 3.8) is 0 Å². The van der Waals surface area contributed by atoms with E-state index in [1.165, 1.54) is 43.5 Å². The number of aliphatic hydroxyl groups excluding tert-OH is 1. The molecule has 0 radical (unpaired) electrons. The summed E-state index contributed by atoms with van der Waals surface area (Å²) in [6, 6.07) is 7.14. The van der Waals surface area contributed by atoms with Crippen molar-refractivity contribution in [2.24, 2.45) is 0 Å². The number of nitrogens with one attached hydrogen (secondary N) is 1. The number of fused-ring (bicyclic) bond motifs is 1. The summed E-state index contributed by atoms with van der Waals surface area (Å²) >= 11 is 0. The predicted molar refractivity (Wildman–Crippen MR) is 169 cm³/mol. The number of para-hydroxylation sites is 1. The van der Waals surface area contributed by atoms with Crippen molar-refractivity contribution in [3.8, 4) is 18.1 Å². The number of nitrogens with two attached hydrogens (primary N) is 1. The standard InChI is InChI=1S/C31H42FN6O7P/c1-4-6-7-8-9-10-11-15-18-42-29(40)22(3)37-46(41,45-23-16-13-12-14-17-23)43-20-31(5-2)24(39)19-25(44-31)38-21-34-26-27(33)35-30(32)36-28(26)38/h2,12-14,16-17,21-22,24-25,39H,4,6-11,15,18-20H2,1,3H3,(H,37,41)(H2,33,35,36)/t22-,24-,25+,31+,46?/m0/s1. The number of ether oxygens (including phenoxy) is 2. The van der Waals surface area contributed by atoms with Crippen LogP contribution in [0.2, 0.25) is 0 Å². The van der Waals surface area contributed by atoms with Gasteiger partial charge in [-0.1, -0.05) is 76.0 Å².